The maximum atomic E-state index is 12.1. The molecule has 2 amide bonds. The third-order valence-corrected chi connectivity index (χ3v) is 3.73. The number of likely N-dealkylation sites (tertiary alicyclic amines) is 1. The molecule has 1 saturated heterocycles. The van der Waals surface area contributed by atoms with Crippen molar-refractivity contribution < 1.29 is 19.1 Å². The number of carboxylic acids is 1. The molecule has 1 fully saturated rings. The molecule has 1 aromatic rings. The summed E-state index contributed by atoms with van der Waals surface area (Å²) in [6, 6.07) is -0.196. The first-order chi connectivity index (χ1) is 9.95. The standard InChI is InChI=1S/C14H21N3O4/c1-9-10(2)21-12(16-9)7-15-14(20)17-5-3-4-11(8-17)6-13(18)19/h11H,3-8H2,1-2H3,(H,15,20)(H,18,19). The van der Waals surface area contributed by atoms with Gasteiger partial charge >= 0.3 is 12.0 Å². The van der Waals surface area contributed by atoms with Gasteiger partial charge in [0.25, 0.3) is 0 Å². The van der Waals surface area contributed by atoms with Gasteiger partial charge in [-0.3, -0.25) is 4.79 Å². The van der Waals surface area contributed by atoms with Gasteiger partial charge in [0.15, 0.2) is 0 Å². The second-order valence-electron chi connectivity index (χ2n) is 5.46. The van der Waals surface area contributed by atoms with Crippen molar-refractivity contribution in [3.05, 3.63) is 17.3 Å². The summed E-state index contributed by atoms with van der Waals surface area (Å²) >= 11 is 0. The molecule has 2 heterocycles. The van der Waals surface area contributed by atoms with Gasteiger partial charge in [0.1, 0.15) is 5.76 Å². The molecule has 116 valence electrons. The van der Waals surface area contributed by atoms with Crippen LogP contribution in [0.15, 0.2) is 4.42 Å². The number of carboxylic acid groups (broad SMARTS) is 1. The Morgan fingerprint density at radius 3 is 2.86 bits per heavy atom. The van der Waals surface area contributed by atoms with Crippen LogP contribution >= 0.6 is 0 Å². The number of aryl methyl sites for hydroxylation is 2. The van der Waals surface area contributed by atoms with E-state index in [2.05, 4.69) is 10.3 Å². The highest BCUT2D eigenvalue weighted by molar-refractivity contribution is 5.74. The maximum absolute atomic E-state index is 12.1. The fourth-order valence-electron chi connectivity index (χ4n) is 2.54. The molecular formula is C14H21N3O4. The van der Waals surface area contributed by atoms with E-state index in [-0.39, 0.29) is 24.9 Å². The first-order valence-corrected chi connectivity index (χ1v) is 7.13. The van der Waals surface area contributed by atoms with E-state index in [4.69, 9.17) is 9.52 Å². The maximum Gasteiger partial charge on any atom is 0.317 e. The van der Waals surface area contributed by atoms with Crippen molar-refractivity contribution in [3.63, 3.8) is 0 Å². The Hall–Kier alpha value is -2.05. The molecule has 0 saturated carbocycles. The third kappa shape index (κ3) is 4.21. The molecule has 1 aliphatic rings. The summed E-state index contributed by atoms with van der Waals surface area (Å²) in [5.74, 6) is 0.456. The highest BCUT2D eigenvalue weighted by atomic mass is 16.4. The number of carbonyl (C=O) groups is 2. The van der Waals surface area contributed by atoms with Crippen molar-refractivity contribution in [2.75, 3.05) is 13.1 Å². The predicted octanol–water partition coefficient (Wildman–Crippen LogP) is 1.69. The molecule has 0 aromatic carbocycles. The largest absolute Gasteiger partial charge is 0.481 e. The minimum atomic E-state index is -0.812. The zero-order valence-corrected chi connectivity index (χ0v) is 12.4. The Bertz CT molecular complexity index is 507. The second kappa shape index (κ2) is 6.60. The molecule has 1 aromatic heterocycles. The lowest BCUT2D eigenvalue weighted by molar-refractivity contribution is -0.138. The first-order valence-electron chi connectivity index (χ1n) is 7.13. The summed E-state index contributed by atoms with van der Waals surface area (Å²) < 4.78 is 5.40. The van der Waals surface area contributed by atoms with Crippen LogP contribution in [0.4, 0.5) is 4.79 Å². The number of urea groups is 1. The van der Waals surface area contributed by atoms with E-state index in [1.54, 1.807) is 4.90 Å². The zero-order chi connectivity index (χ0) is 15.4. The topological polar surface area (TPSA) is 95.7 Å². The lowest BCUT2D eigenvalue weighted by atomic mass is 9.95. The van der Waals surface area contributed by atoms with Gasteiger partial charge in [0.2, 0.25) is 5.89 Å². The van der Waals surface area contributed by atoms with Crippen LogP contribution in [0.1, 0.15) is 36.6 Å². The molecule has 7 heteroatoms. The summed E-state index contributed by atoms with van der Waals surface area (Å²) in [5.41, 5.74) is 0.818. The van der Waals surface area contributed by atoms with Crippen molar-refractivity contribution in [2.45, 2.75) is 39.7 Å². The van der Waals surface area contributed by atoms with Crippen LogP contribution in [0.5, 0.6) is 0 Å². The van der Waals surface area contributed by atoms with Gasteiger partial charge in [-0.1, -0.05) is 0 Å². The van der Waals surface area contributed by atoms with Crippen molar-refractivity contribution >= 4 is 12.0 Å². The van der Waals surface area contributed by atoms with E-state index in [1.807, 2.05) is 13.8 Å². The third-order valence-electron chi connectivity index (χ3n) is 3.73. The number of piperidine rings is 1. The Morgan fingerprint density at radius 1 is 1.48 bits per heavy atom. The number of nitrogens with one attached hydrogen (secondary N) is 1. The van der Waals surface area contributed by atoms with Crippen LogP contribution in [-0.2, 0) is 11.3 Å². The number of aliphatic carboxylic acids is 1. The first kappa shape index (κ1) is 15.3. The van der Waals surface area contributed by atoms with E-state index in [0.717, 1.165) is 24.3 Å². The van der Waals surface area contributed by atoms with Gasteiger partial charge in [-0.2, -0.15) is 0 Å². The summed E-state index contributed by atoms with van der Waals surface area (Å²) in [6.45, 7) is 5.07. The number of rotatable bonds is 4. The number of aromatic nitrogens is 1. The van der Waals surface area contributed by atoms with E-state index in [0.29, 0.717) is 19.0 Å². The Morgan fingerprint density at radius 2 is 2.24 bits per heavy atom. The van der Waals surface area contributed by atoms with Gasteiger partial charge in [-0.15, -0.1) is 0 Å². The average Bonchev–Trinajstić information content (AvgIpc) is 2.75. The highest BCUT2D eigenvalue weighted by Crippen LogP contribution is 2.19. The fraction of sp³-hybridized carbons (Fsp3) is 0.643. The molecule has 1 atom stereocenters. The van der Waals surface area contributed by atoms with Gasteiger partial charge < -0.3 is 19.7 Å². The van der Waals surface area contributed by atoms with Crippen molar-refractivity contribution in [2.24, 2.45) is 5.92 Å². The normalized spacial score (nSPS) is 18.6. The average molecular weight is 295 g/mol. The van der Waals surface area contributed by atoms with Gasteiger partial charge in [0, 0.05) is 19.5 Å². The molecule has 0 radical (unpaired) electrons. The number of amides is 2. The number of oxazole rings is 1. The number of hydrogen-bond acceptors (Lipinski definition) is 4. The van der Waals surface area contributed by atoms with Crippen molar-refractivity contribution in [3.8, 4) is 0 Å². The van der Waals surface area contributed by atoms with E-state index in [9.17, 15) is 9.59 Å². The van der Waals surface area contributed by atoms with Crippen LogP contribution in [-0.4, -0.2) is 40.1 Å². The molecule has 2 N–H and O–H groups in total. The van der Waals surface area contributed by atoms with Crippen LogP contribution in [0, 0.1) is 19.8 Å². The molecular weight excluding hydrogens is 274 g/mol. The Kier molecular flexibility index (Phi) is 4.82. The summed E-state index contributed by atoms with van der Waals surface area (Å²) in [7, 11) is 0. The Balaban J connectivity index is 1.83. The minimum absolute atomic E-state index is 0.0354. The van der Waals surface area contributed by atoms with Crippen LogP contribution in [0.25, 0.3) is 0 Å². The lowest BCUT2D eigenvalue weighted by Gasteiger charge is -2.31. The van der Waals surface area contributed by atoms with Gasteiger partial charge in [-0.05, 0) is 32.6 Å². The summed E-state index contributed by atoms with van der Waals surface area (Å²) in [5, 5.41) is 11.6. The number of nitrogens with zero attached hydrogens (tertiary/aromatic N) is 2. The van der Waals surface area contributed by atoms with E-state index >= 15 is 0 Å². The molecule has 1 aliphatic heterocycles. The Labute approximate surface area is 123 Å². The molecule has 21 heavy (non-hydrogen) atoms. The van der Waals surface area contributed by atoms with Crippen molar-refractivity contribution in [1.29, 1.82) is 0 Å². The van der Waals surface area contributed by atoms with Crippen LogP contribution < -0.4 is 5.32 Å². The molecule has 1 unspecified atom stereocenters. The lowest BCUT2D eigenvalue weighted by Crippen LogP contribution is -2.45. The molecule has 0 spiro atoms. The monoisotopic (exact) mass is 295 g/mol. The van der Waals surface area contributed by atoms with Gasteiger partial charge in [-0.25, -0.2) is 9.78 Å². The van der Waals surface area contributed by atoms with Crippen LogP contribution in [0.2, 0.25) is 0 Å². The number of carbonyl (C=O) groups excluding carboxylic acids is 1. The second-order valence-corrected chi connectivity index (χ2v) is 5.46. The molecule has 0 aliphatic carbocycles. The van der Waals surface area contributed by atoms with Crippen molar-refractivity contribution in [1.82, 2.24) is 15.2 Å². The summed E-state index contributed by atoms with van der Waals surface area (Å²) in [6.07, 6.45) is 1.80. The molecule has 7 nitrogen and oxygen atoms in total. The minimum Gasteiger partial charge on any atom is -0.481 e. The van der Waals surface area contributed by atoms with Gasteiger partial charge in [0.05, 0.1) is 12.2 Å². The smallest absolute Gasteiger partial charge is 0.317 e. The molecule has 2 rings (SSSR count). The zero-order valence-electron chi connectivity index (χ0n) is 12.4. The summed E-state index contributed by atoms with van der Waals surface area (Å²) in [4.78, 5) is 28.7. The quantitative estimate of drug-likeness (QED) is 0.881. The SMILES string of the molecule is Cc1nc(CNC(=O)N2CCCC(CC(=O)O)C2)oc1C. The van der Waals surface area contributed by atoms with E-state index in [1.165, 1.54) is 0 Å². The predicted molar refractivity (Wildman–Crippen MR) is 74.8 cm³/mol. The number of hydrogen-bond donors (Lipinski definition) is 2. The highest BCUT2D eigenvalue weighted by Gasteiger charge is 2.25. The van der Waals surface area contributed by atoms with Crippen LogP contribution in [0.3, 0.4) is 0 Å². The molecule has 0 bridgehead atoms. The van der Waals surface area contributed by atoms with E-state index < -0.39 is 5.97 Å². The fourth-order valence-corrected chi connectivity index (χ4v) is 2.54.